The fraction of sp³-hybridized carbons (Fsp3) is 0.231. The van der Waals surface area contributed by atoms with Gasteiger partial charge in [-0.3, -0.25) is 9.59 Å². The molecule has 0 aliphatic carbocycles. The van der Waals surface area contributed by atoms with E-state index in [1.54, 1.807) is 19.0 Å². The zero-order valence-corrected chi connectivity index (χ0v) is 18.5. The number of benzene rings is 3. The average Bonchev–Trinajstić information content (AvgIpc) is 2.81. The van der Waals surface area contributed by atoms with Crippen molar-refractivity contribution >= 4 is 23.2 Å². The van der Waals surface area contributed by atoms with Gasteiger partial charge in [-0.2, -0.15) is 0 Å². The van der Waals surface area contributed by atoms with Gasteiger partial charge in [0.15, 0.2) is 0 Å². The molecule has 3 rings (SSSR count). The van der Waals surface area contributed by atoms with Crippen LogP contribution in [0.25, 0.3) is 0 Å². The Kier molecular flexibility index (Phi) is 8.26. The lowest BCUT2D eigenvalue weighted by Gasteiger charge is -2.14. The first kappa shape index (κ1) is 22.9. The highest BCUT2D eigenvalue weighted by atomic mass is 16.5. The Hall–Kier alpha value is -3.80. The van der Waals surface area contributed by atoms with E-state index in [0.717, 1.165) is 16.8 Å². The lowest BCUT2D eigenvalue weighted by atomic mass is 10.1. The van der Waals surface area contributed by atoms with Gasteiger partial charge in [-0.05, 0) is 41.8 Å². The van der Waals surface area contributed by atoms with Crippen molar-refractivity contribution < 1.29 is 14.3 Å². The third-order valence-corrected chi connectivity index (χ3v) is 4.90. The van der Waals surface area contributed by atoms with Crippen molar-refractivity contribution in [2.45, 2.75) is 19.4 Å². The van der Waals surface area contributed by atoms with E-state index in [1.807, 2.05) is 78.9 Å². The van der Waals surface area contributed by atoms with Gasteiger partial charge in [-0.1, -0.05) is 54.6 Å². The van der Waals surface area contributed by atoms with Gasteiger partial charge < -0.3 is 20.3 Å². The lowest BCUT2D eigenvalue weighted by molar-refractivity contribution is -0.128. The first-order valence-corrected chi connectivity index (χ1v) is 10.6. The van der Waals surface area contributed by atoms with Gasteiger partial charge in [0.05, 0.1) is 12.2 Å². The van der Waals surface area contributed by atoms with E-state index in [0.29, 0.717) is 30.9 Å². The zero-order chi connectivity index (χ0) is 22.8. The molecule has 0 saturated carbocycles. The molecule has 0 spiro atoms. The average molecular weight is 432 g/mol. The maximum Gasteiger partial charge on any atom is 0.243 e. The maximum absolute atomic E-state index is 12.5. The molecule has 6 heteroatoms. The Balaban J connectivity index is 1.52. The van der Waals surface area contributed by atoms with E-state index in [4.69, 9.17) is 4.74 Å². The molecule has 6 nitrogen and oxygen atoms in total. The molecule has 2 N–H and O–H groups in total. The molecule has 3 aromatic rings. The Morgan fingerprint density at radius 1 is 0.875 bits per heavy atom. The number of anilines is 2. The zero-order valence-electron chi connectivity index (χ0n) is 18.5. The molecule has 0 aliphatic rings. The second-order valence-corrected chi connectivity index (χ2v) is 7.66. The van der Waals surface area contributed by atoms with Crippen molar-refractivity contribution in [3.63, 3.8) is 0 Å². The number of aryl methyl sites for hydroxylation is 1. The van der Waals surface area contributed by atoms with Crippen molar-refractivity contribution in [2.24, 2.45) is 0 Å². The van der Waals surface area contributed by atoms with Gasteiger partial charge in [0.2, 0.25) is 11.8 Å². The number of carbonyl (C=O) groups is 2. The number of hydrogen-bond acceptors (Lipinski definition) is 4. The Labute approximate surface area is 189 Å². The number of nitrogens with zero attached hydrogens (tertiary/aromatic N) is 1. The van der Waals surface area contributed by atoms with E-state index >= 15 is 0 Å². The van der Waals surface area contributed by atoms with Crippen molar-refractivity contribution in [1.82, 2.24) is 4.90 Å². The summed E-state index contributed by atoms with van der Waals surface area (Å²) in [6.45, 7) is 0.559. The molecule has 0 bridgehead atoms. The number of nitrogens with one attached hydrogen (secondary N) is 2. The molecule has 32 heavy (non-hydrogen) atoms. The first-order chi connectivity index (χ1) is 15.5. The third-order valence-electron chi connectivity index (χ3n) is 4.90. The predicted octanol–water partition coefficient (Wildman–Crippen LogP) is 4.34. The molecule has 2 amide bonds. The van der Waals surface area contributed by atoms with E-state index in [2.05, 4.69) is 10.6 Å². The van der Waals surface area contributed by atoms with E-state index in [1.165, 1.54) is 0 Å². The van der Waals surface area contributed by atoms with E-state index < -0.39 is 0 Å². The molecular weight excluding hydrogens is 402 g/mol. The van der Waals surface area contributed by atoms with Crippen LogP contribution in [0.5, 0.6) is 5.75 Å². The van der Waals surface area contributed by atoms with Crippen LogP contribution in [0.2, 0.25) is 0 Å². The molecule has 0 heterocycles. The molecule has 0 unspecified atom stereocenters. The molecule has 0 aliphatic heterocycles. The minimum absolute atomic E-state index is 0.0804. The van der Waals surface area contributed by atoms with Gasteiger partial charge in [-0.15, -0.1) is 0 Å². The van der Waals surface area contributed by atoms with Crippen LogP contribution in [0.4, 0.5) is 11.4 Å². The second kappa shape index (κ2) is 11.6. The van der Waals surface area contributed by atoms with Crippen LogP contribution in [-0.4, -0.2) is 37.4 Å². The van der Waals surface area contributed by atoms with Crippen molar-refractivity contribution in [3.8, 4) is 5.75 Å². The summed E-state index contributed by atoms with van der Waals surface area (Å²) < 4.78 is 5.93. The second-order valence-electron chi connectivity index (χ2n) is 7.66. The van der Waals surface area contributed by atoms with Crippen LogP contribution in [0.3, 0.4) is 0 Å². The van der Waals surface area contributed by atoms with Crippen LogP contribution < -0.4 is 15.4 Å². The molecule has 0 aromatic heterocycles. The van der Waals surface area contributed by atoms with Gasteiger partial charge in [0.25, 0.3) is 0 Å². The fourth-order valence-electron chi connectivity index (χ4n) is 3.13. The highest BCUT2D eigenvalue weighted by Gasteiger charge is 2.08. The van der Waals surface area contributed by atoms with E-state index in [9.17, 15) is 9.59 Å². The quantitative estimate of drug-likeness (QED) is 0.501. The summed E-state index contributed by atoms with van der Waals surface area (Å²) in [5.41, 5.74) is 3.55. The third kappa shape index (κ3) is 7.16. The van der Waals surface area contributed by atoms with Gasteiger partial charge in [0, 0.05) is 26.2 Å². The topological polar surface area (TPSA) is 70.7 Å². The van der Waals surface area contributed by atoms with Crippen LogP contribution in [0.15, 0.2) is 78.9 Å². The van der Waals surface area contributed by atoms with Gasteiger partial charge in [0.1, 0.15) is 12.4 Å². The summed E-state index contributed by atoms with van der Waals surface area (Å²) in [5, 5.41) is 6.05. The molecule has 0 fully saturated rings. The van der Waals surface area contributed by atoms with Crippen molar-refractivity contribution in [1.29, 1.82) is 0 Å². The minimum Gasteiger partial charge on any atom is -0.487 e. The molecule has 0 radical (unpaired) electrons. The van der Waals surface area contributed by atoms with Crippen molar-refractivity contribution in [3.05, 3.63) is 90.0 Å². The normalized spacial score (nSPS) is 10.3. The van der Waals surface area contributed by atoms with E-state index in [-0.39, 0.29) is 18.4 Å². The predicted molar refractivity (Wildman–Crippen MR) is 128 cm³/mol. The SMILES string of the molecule is CN(C)C(=O)CCc1cccc(NC(=O)CNc2ccccc2OCc2ccccc2)c1. The minimum atomic E-state index is -0.163. The smallest absolute Gasteiger partial charge is 0.243 e. The summed E-state index contributed by atoms with van der Waals surface area (Å²) >= 11 is 0. The van der Waals surface area contributed by atoms with Gasteiger partial charge >= 0.3 is 0 Å². The summed E-state index contributed by atoms with van der Waals surface area (Å²) in [6, 6.07) is 25.1. The highest BCUT2D eigenvalue weighted by molar-refractivity contribution is 5.94. The van der Waals surface area contributed by atoms with Crippen LogP contribution in [0, 0.1) is 0 Å². The van der Waals surface area contributed by atoms with Gasteiger partial charge in [-0.25, -0.2) is 0 Å². The summed E-state index contributed by atoms with van der Waals surface area (Å²) in [6.07, 6.45) is 1.07. The lowest BCUT2D eigenvalue weighted by Crippen LogP contribution is -2.22. The summed E-state index contributed by atoms with van der Waals surface area (Å²) in [7, 11) is 3.49. The summed E-state index contributed by atoms with van der Waals surface area (Å²) in [4.78, 5) is 25.8. The highest BCUT2D eigenvalue weighted by Crippen LogP contribution is 2.24. The fourth-order valence-corrected chi connectivity index (χ4v) is 3.13. The number of ether oxygens (including phenoxy) is 1. The molecule has 3 aromatic carbocycles. The number of para-hydroxylation sites is 2. The van der Waals surface area contributed by atoms with Crippen LogP contribution >= 0.6 is 0 Å². The molecule has 0 atom stereocenters. The number of rotatable bonds is 10. The van der Waals surface area contributed by atoms with Crippen LogP contribution in [0.1, 0.15) is 17.5 Å². The van der Waals surface area contributed by atoms with Crippen molar-refractivity contribution in [2.75, 3.05) is 31.3 Å². The largest absolute Gasteiger partial charge is 0.487 e. The molecule has 166 valence electrons. The number of amides is 2. The Morgan fingerprint density at radius 2 is 1.59 bits per heavy atom. The number of hydrogen-bond donors (Lipinski definition) is 2. The van der Waals surface area contributed by atoms with Crippen LogP contribution in [-0.2, 0) is 22.6 Å². The Morgan fingerprint density at radius 3 is 2.38 bits per heavy atom. The molecule has 0 saturated heterocycles. The number of carbonyl (C=O) groups excluding carboxylic acids is 2. The standard InChI is InChI=1S/C26H29N3O3/c1-29(2)26(31)16-15-20-11-8-12-22(17-20)28-25(30)18-27-23-13-6-7-14-24(23)32-19-21-9-4-3-5-10-21/h3-14,17,27H,15-16,18-19H2,1-2H3,(H,28,30). The Bertz CT molecular complexity index is 1040. The maximum atomic E-state index is 12.5. The first-order valence-electron chi connectivity index (χ1n) is 10.6. The molecular formula is C26H29N3O3. The summed E-state index contributed by atoms with van der Waals surface area (Å²) in [5.74, 6) is 0.609. The monoisotopic (exact) mass is 431 g/mol.